The summed E-state index contributed by atoms with van der Waals surface area (Å²) in [5, 5.41) is 8.78. The highest BCUT2D eigenvalue weighted by Crippen LogP contribution is 2.18. The van der Waals surface area contributed by atoms with Crippen LogP contribution in [0.15, 0.2) is 48.6 Å². The number of hydrogen-bond acceptors (Lipinski definition) is 3. The summed E-state index contributed by atoms with van der Waals surface area (Å²) in [6.07, 6.45) is 48.5. The summed E-state index contributed by atoms with van der Waals surface area (Å²) < 4.78 is 5.95. The Morgan fingerprint density at radius 1 is 0.511 bits per heavy atom. The number of carboxylic acid groups (broad SMARTS) is 1. The highest BCUT2D eigenvalue weighted by molar-refractivity contribution is 5.69. The van der Waals surface area contributed by atoms with E-state index in [1.54, 1.807) is 0 Å². The van der Waals surface area contributed by atoms with Crippen LogP contribution in [0.4, 0.5) is 0 Å². The van der Waals surface area contributed by atoms with Gasteiger partial charge < -0.3 is 9.84 Å². The number of rotatable bonds is 34. The highest BCUT2D eigenvalue weighted by Gasteiger charge is 2.14. The maximum absolute atomic E-state index is 12.6. The van der Waals surface area contributed by atoms with Crippen LogP contribution in [-0.2, 0) is 14.3 Å². The standard InChI is InChI=1S/C41H72O4/c1-3-5-7-9-11-12-13-14-15-16-17-18-19-20-21-22-23-24-25-30-34-38-41(44)45-39(35-31-27-10-8-6-4-2)36-32-28-26-29-33-37-40(42)43/h5,7,11-12,14-15,17-18,39H,3-4,6,8-10,13,16,19-38H2,1-2H3,(H,42,43)/b7-5-,12-11-,15-14-,18-17-. The Hall–Kier alpha value is -2.10. The molecule has 0 aliphatic heterocycles. The molecule has 0 saturated carbocycles. The Labute approximate surface area is 279 Å². The summed E-state index contributed by atoms with van der Waals surface area (Å²) in [7, 11) is 0. The summed E-state index contributed by atoms with van der Waals surface area (Å²) in [5.41, 5.74) is 0. The zero-order chi connectivity index (χ0) is 32.9. The number of unbranched alkanes of at least 4 members (excludes halogenated alkanes) is 17. The fraction of sp³-hybridized carbons (Fsp3) is 0.756. The van der Waals surface area contributed by atoms with Gasteiger partial charge in [-0.05, 0) is 77.0 Å². The van der Waals surface area contributed by atoms with E-state index in [1.807, 2.05) is 0 Å². The molecular formula is C41H72O4. The first-order chi connectivity index (χ1) is 22.1. The van der Waals surface area contributed by atoms with Crippen LogP contribution in [0.2, 0.25) is 0 Å². The van der Waals surface area contributed by atoms with Gasteiger partial charge in [-0.3, -0.25) is 9.59 Å². The second-order valence-corrected chi connectivity index (χ2v) is 12.7. The molecule has 0 saturated heterocycles. The molecule has 0 radical (unpaired) electrons. The van der Waals surface area contributed by atoms with Gasteiger partial charge in [0.05, 0.1) is 0 Å². The van der Waals surface area contributed by atoms with E-state index < -0.39 is 5.97 Å². The molecule has 4 nitrogen and oxygen atoms in total. The number of carbonyl (C=O) groups is 2. The minimum absolute atomic E-state index is 0.0108. The van der Waals surface area contributed by atoms with Crippen molar-refractivity contribution < 1.29 is 19.4 Å². The van der Waals surface area contributed by atoms with Gasteiger partial charge in [0.15, 0.2) is 0 Å². The summed E-state index contributed by atoms with van der Waals surface area (Å²) >= 11 is 0. The Bertz CT molecular complexity index is 763. The van der Waals surface area contributed by atoms with Gasteiger partial charge in [-0.15, -0.1) is 0 Å². The normalized spacial score (nSPS) is 12.8. The number of esters is 1. The van der Waals surface area contributed by atoms with Gasteiger partial charge in [0.1, 0.15) is 6.10 Å². The van der Waals surface area contributed by atoms with E-state index in [1.165, 1.54) is 77.0 Å². The average Bonchev–Trinajstić information content (AvgIpc) is 3.02. The van der Waals surface area contributed by atoms with Crippen molar-refractivity contribution in [3.8, 4) is 0 Å². The summed E-state index contributed by atoms with van der Waals surface area (Å²) in [6.45, 7) is 4.41. The van der Waals surface area contributed by atoms with Gasteiger partial charge >= 0.3 is 11.9 Å². The second kappa shape index (κ2) is 36.4. The van der Waals surface area contributed by atoms with Crippen LogP contribution in [0.5, 0.6) is 0 Å². The molecule has 4 heteroatoms. The van der Waals surface area contributed by atoms with Gasteiger partial charge in [-0.25, -0.2) is 0 Å². The molecule has 0 fully saturated rings. The third kappa shape index (κ3) is 36.2. The molecule has 0 heterocycles. The van der Waals surface area contributed by atoms with E-state index >= 15 is 0 Å². The van der Waals surface area contributed by atoms with Crippen LogP contribution in [0.1, 0.15) is 194 Å². The third-order valence-electron chi connectivity index (χ3n) is 8.32. The van der Waals surface area contributed by atoms with E-state index in [4.69, 9.17) is 9.84 Å². The van der Waals surface area contributed by atoms with Crippen molar-refractivity contribution in [3.63, 3.8) is 0 Å². The topological polar surface area (TPSA) is 63.6 Å². The molecule has 0 amide bonds. The van der Waals surface area contributed by atoms with Crippen LogP contribution in [0, 0.1) is 0 Å². The summed E-state index contributed by atoms with van der Waals surface area (Å²) in [6, 6.07) is 0. The molecule has 0 aromatic carbocycles. The first-order valence-corrected chi connectivity index (χ1v) is 19.1. The first-order valence-electron chi connectivity index (χ1n) is 19.1. The fourth-order valence-electron chi connectivity index (χ4n) is 5.53. The lowest BCUT2D eigenvalue weighted by molar-refractivity contribution is -0.150. The second-order valence-electron chi connectivity index (χ2n) is 12.7. The van der Waals surface area contributed by atoms with Gasteiger partial charge in [0, 0.05) is 12.8 Å². The Morgan fingerprint density at radius 3 is 1.44 bits per heavy atom. The average molecular weight is 629 g/mol. The van der Waals surface area contributed by atoms with Crippen molar-refractivity contribution in [2.24, 2.45) is 0 Å². The molecule has 0 spiro atoms. The predicted molar refractivity (Wildman–Crippen MR) is 195 cm³/mol. The zero-order valence-electron chi connectivity index (χ0n) is 29.7. The zero-order valence-corrected chi connectivity index (χ0v) is 29.7. The molecule has 0 aliphatic rings. The molecule has 0 rings (SSSR count). The lowest BCUT2D eigenvalue weighted by Crippen LogP contribution is -2.18. The van der Waals surface area contributed by atoms with Gasteiger partial charge in [0.25, 0.3) is 0 Å². The Morgan fingerprint density at radius 2 is 0.933 bits per heavy atom. The molecule has 0 aromatic heterocycles. The number of hydrogen-bond donors (Lipinski definition) is 1. The van der Waals surface area contributed by atoms with Crippen molar-refractivity contribution >= 4 is 11.9 Å². The van der Waals surface area contributed by atoms with Crippen molar-refractivity contribution in [1.29, 1.82) is 0 Å². The van der Waals surface area contributed by atoms with Crippen LogP contribution >= 0.6 is 0 Å². The minimum atomic E-state index is -0.704. The molecular weight excluding hydrogens is 556 g/mol. The number of ether oxygens (including phenoxy) is 1. The van der Waals surface area contributed by atoms with Gasteiger partial charge in [0.2, 0.25) is 0 Å². The summed E-state index contributed by atoms with van der Waals surface area (Å²) in [4.78, 5) is 23.2. The van der Waals surface area contributed by atoms with Crippen LogP contribution in [0.3, 0.4) is 0 Å². The third-order valence-corrected chi connectivity index (χ3v) is 8.32. The first kappa shape index (κ1) is 42.9. The predicted octanol–water partition coefficient (Wildman–Crippen LogP) is 13.2. The molecule has 45 heavy (non-hydrogen) atoms. The van der Waals surface area contributed by atoms with Crippen molar-refractivity contribution in [1.82, 2.24) is 0 Å². The smallest absolute Gasteiger partial charge is 0.306 e. The lowest BCUT2D eigenvalue weighted by Gasteiger charge is -2.18. The van der Waals surface area contributed by atoms with E-state index in [-0.39, 0.29) is 18.5 Å². The molecule has 0 aromatic rings. The van der Waals surface area contributed by atoms with Crippen molar-refractivity contribution in [2.75, 3.05) is 0 Å². The summed E-state index contributed by atoms with van der Waals surface area (Å²) in [5.74, 6) is -0.714. The minimum Gasteiger partial charge on any atom is -0.481 e. The highest BCUT2D eigenvalue weighted by atomic mass is 16.5. The monoisotopic (exact) mass is 629 g/mol. The van der Waals surface area contributed by atoms with Crippen LogP contribution in [-0.4, -0.2) is 23.1 Å². The van der Waals surface area contributed by atoms with Crippen LogP contribution in [0.25, 0.3) is 0 Å². The SMILES string of the molecule is CC/C=C\C/C=C\C/C=C\C/C=C\CCCCCCCCCCC(=O)OC(CCCCCCCC)CCCCCCCC(=O)O. The fourth-order valence-corrected chi connectivity index (χ4v) is 5.53. The Balaban J connectivity index is 3.85. The van der Waals surface area contributed by atoms with Crippen molar-refractivity contribution in [3.05, 3.63) is 48.6 Å². The number of carbonyl (C=O) groups excluding carboxylic acids is 1. The Kier molecular flexibility index (Phi) is 34.7. The lowest BCUT2D eigenvalue weighted by atomic mass is 10.0. The van der Waals surface area contributed by atoms with E-state index in [0.29, 0.717) is 6.42 Å². The molecule has 0 bridgehead atoms. The van der Waals surface area contributed by atoms with Gasteiger partial charge in [-0.1, -0.05) is 152 Å². The molecule has 0 aliphatic carbocycles. The number of carboxylic acids is 1. The molecule has 1 atom stereocenters. The van der Waals surface area contributed by atoms with E-state index in [9.17, 15) is 9.59 Å². The largest absolute Gasteiger partial charge is 0.481 e. The number of allylic oxidation sites excluding steroid dienone is 8. The molecule has 1 unspecified atom stereocenters. The molecule has 260 valence electrons. The van der Waals surface area contributed by atoms with Crippen molar-refractivity contribution in [2.45, 2.75) is 200 Å². The van der Waals surface area contributed by atoms with Crippen LogP contribution < -0.4 is 0 Å². The maximum atomic E-state index is 12.6. The van der Waals surface area contributed by atoms with Gasteiger partial charge in [-0.2, -0.15) is 0 Å². The number of aliphatic carboxylic acids is 1. The van der Waals surface area contributed by atoms with E-state index in [0.717, 1.165) is 89.9 Å². The molecule has 1 N–H and O–H groups in total. The maximum Gasteiger partial charge on any atom is 0.306 e. The quantitative estimate of drug-likeness (QED) is 0.0437. The van der Waals surface area contributed by atoms with E-state index in [2.05, 4.69) is 62.5 Å².